The standard InChI is InChI=1S/C31H39N10O5.C25H28N9O4.Fe/c1-38(2)14-8-12-32-29(44)23-16-22(18-39(23)3)35-31(46)27-36-25(19-41(27)5)37-30(45)24-15-21(17-40(24)4)34-26(42)11-13-33-28(43)20-9-6-7-10-20;1-32-12-11-26-20(32)25(38)29-17-13-18(33(2)14-17)23(36)31-19-15-34(3)21(30-19)24(37)28-10-6-9-27-22(35)16-7-4-5-8-16;/h6-7,9-10,15-19H,8,11-14H2,1-5H3,(H,32,44)(H,33,43)(H,34,42)(H,35,46)(H,37,45);4-5,7-8,11-15H,6,9-10H2,1-3H3,(H,27,35)(H,28,37)(H,29,38)(H,31,36);/q;;+2. The number of nitrogens with zero attached hydrogens (tertiary/aromatic N) is 10. The molecule has 6 heterocycles. The Morgan fingerprint density at radius 1 is 0.435 bits per heavy atom. The van der Waals surface area contributed by atoms with Gasteiger partial charge in [0.05, 0.1) is 28.9 Å². The number of hydrogen-bond acceptors (Lipinski definition) is 13. The fourth-order valence-electron chi connectivity index (χ4n) is 8.40. The number of anilines is 5. The summed E-state index contributed by atoms with van der Waals surface area (Å²) in [5.41, 5.74) is 2.17. The van der Waals surface area contributed by atoms with Crippen molar-refractivity contribution in [2.75, 3.05) is 73.4 Å². The molecule has 0 atom stereocenters. The van der Waals surface area contributed by atoms with E-state index in [4.69, 9.17) is 0 Å². The molecule has 10 radical (unpaired) electrons. The van der Waals surface area contributed by atoms with Crippen LogP contribution in [0.5, 0.6) is 0 Å². The molecule has 0 spiro atoms. The van der Waals surface area contributed by atoms with Gasteiger partial charge in [0.25, 0.3) is 35.4 Å². The molecule has 6 aromatic rings. The Hall–Kier alpha value is -8.82. The fourth-order valence-corrected chi connectivity index (χ4v) is 8.40. The van der Waals surface area contributed by atoms with Gasteiger partial charge in [-0.05, 0) is 103 Å². The number of carbonyl (C=O) groups is 9. The maximum Gasteiger partial charge on any atom is 2.00 e. The van der Waals surface area contributed by atoms with Crippen molar-refractivity contribution in [2.45, 2.75) is 19.3 Å². The van der Waals surface area contributed by atoms with Crippen LogP contribution in [0.25, 0.3) is 0 Å². The molecule has 29 heteroatoms. The number of nitrogens with one attached hydrogen (secondary N) is 9. The van der Waals surface area contributed by atoms with Crippen LogP contribution in [0.4, 0.5) is 28.7 Å². The summed E-state index contributed by atoms with van der Waals surface area (Å²) >= 11 is 0. The van der Waals surface area contributed by atoms with E-state index >= 15 is 0 Å². The quantitative estimate of drug-likeness (QED) is 0.0309. The molecular weight excluding hydrogens is 1140 g/mol. The minimum atomic E-state index is -0.527. The molecule has 0 aliphatic heterocycles. The number of imidazole rings is 3. The van der Waals surface area contributed by atoms with Crippen molar-refractivity contribution < 1.29 is 60.2 Å². The van der Waals surface area contributed by atoms with E-state index in [1.807, 2.05) is 19.0 Å². The van der Waals surface area contributed by atoms with Crippen molar-refractivity contribution >= 4 is 81.9 Å². The number of hydrogen-bond donors (Lipinski definition) is 9. The van der Waals surface area contributed by atoms with Crippen LogP contribution >= 0.6 is 0 Å². The second kappa shape index (κ2) is 30.6. The Morgan fingerprint density at radius 2 is 0.847 bits per heavy atom. The topological polar surface area (TPSA) is 333 Å². The van der Waals surface area contributed by atoms with Crippen molar-refractivity contribution in [3.8, 4) is 0 Å². The maximum atomic E-state index is 13.0. The Labute approximate surface area is 502 Å². The molecule has 0 unspecified atom stereocenters. The molecule has 28 nitrogen and oxygen atoms in total. The second-order valence-corrected chi connectivity index (χ2v) is 19.7. The molecule has 85 heavy (non-hydrogen) atoms. The number of aryl methyl sites for hydroxylation is 6. The molecule has 446 valence electrons. The van der Waals surface area contributed by atoms with E-state index in [9.17, 15) is 43.2 Å². The zero-order valence-corrected chi connectivity index (χ0v) is 49.2. The number of rotatable bonds is 24. The average Bonchev–Trinajstić information content (AvgIpc) is 4.53. The van der Waals surface area contributed by atoms with Gasteiger partial charge in [-0.2, -0.15) is 0 Å². The maximum absolute atomic E-state index is 13.0. The summed E-state index contributed by atoms with van der Waals surface area (Å²) in [5, 5.41) is 24.6. The van der Waals surface area contributed by atoms with Gasteiger partial charge in [-0.25, -0.2) is 15.0 Å². The first-order valence-corrected chi connectivity index (χ1v) is 26.4. The van der Waals surface area contributed by atoms with Crippen LogP contribution < -0.4 is 47.9 Å². The number of aromatic nitrogens is 9. The molecule has 0 aromatic carbocycles. The molecule has 9 N–H and O–H groups in total. The molecule has 2 saturated carbocycles. The molecule has 2 aliphatic rings. The average molecular weight is 1210 g/mol. The molecule has 9 amide bonds. The van der Waals surface area contributed by atoms with E-state index in [0.29, 0.717) is 60.6 Å². The van der Waals surface area contributed by atoms with Crippen molar-refractivity contribution in [3.05, 3.63) is 159 Å². The van der Waals surface area contributed by atoms with Gasteiger partial charge in [0.2, 0.25) is 29.4 Å². The Bertz CT molecular complexity index is 3350. The molecule has 6 aromatic heterocycles. The largest absolute Gasteiger partial charge is 2.00 e. The summed E-state index contributed by atoms with van der Waals surface area (Å²) in [5.74, 6) is -1.42. The Morgan fingerprint density at radius 3 is 1.32 bits per heavy atom. The minimum Gasteiger partial charge on any atom is -0.356 e. The fraction of sp³-hybridized carbons (Fsp3) is 0.286. The van der Waals surface area contributed by atoms with Gasteiger partial charge >= 0.3 is 17.1 Å². The zero-order valence-electron chi connectivity index (χ0n) is 48.0. The third kappa shape index (κ3) is 18.3. The van der Waals surface area contributed by atoms with Crippen molar-refractivity contribution in [3.63, 3.8) is 0 Å². The van der Waals surface area contributed by atoms with Gasteiger partial charge in [-0.15, -0.1) is 0 Å². The van der Waals surface area contributed by atoms with E-state index in [2.05, 4.69) is 62.8 Å². The third-order valence-electron chi connectivity index (χ3n) is 12.7. The van der Waals surface area contributed by atoms with Gasteiger partial charge in [0, 0.05) is 118 Å². The van der Waals surface area contributed by atoms with Crippen molar-refractivity contribution in [2.24, 2.45) is 42.3 Å². The summed E-state index contributed by atoms with van der Waals surface area (Å²) in [4.78, 5) is 127. The molecule has 8 rings (SSSR count). The Balaban J connectivity index is 0.000000274. The molecule has 0 saturated heterocycles. The summed E-state index contributed by atoms with van der Waals surface area (Å²) < 4.78 is 9.30. The smallest absolute Gasteiger partial charge is 0.356 e. The normalized spacial score (nSPS) is 13.0. The molecule has 2 fully saturated rings. The first-order valence-electron chi connectivity index (χ1n) is 26.4. The van der Waals surface area contributed by atoms with Crippen LogP contribution in [-0.4, -0.2) is 147 Å². The molecule has 2 aliphatic carbocycles. The van der Waals surface area contributed by atoms with Crippen LogP contribution in [0, 0.1) is 63.2 Å². The van der Waals surface area contributed by atoms with Gasteiger partial charge < -0.3 is 80.2 Å². The summed E-state index contributed by atoms with van der Waals surface area (Å²) in [7, 11) is 13.9. The van der Waals surface area contributed by atoms with Crippen LogP contribution in [0.15, 0.2) is 61.6 Å². The van der Waals surface area contributed by atoms with Gasteiger partial charge in [0.15, 0.2) is 17.5 Å². The predicted octanol–water partition coefficient (Wildman–Crippen LogP) is 1.77. The molecule has 0 bridgehead atoms. The van der Waals surface area contributed by atoms with E-state index < -0.39 is 29.5 Å². The molecular formula is C56H67FeN19O9+2. The predicted molar refractivity (Wildman–Crippen MR) is 310 cm³/mol. The first kappa shape index (κ1) is 65.3. The summed E-state index contributed by atoms with van der Waals surface area (Å²) in [6.45, 7) is 2.29. The van der Waals surface area contributed by atoms with Crippen LogP contribution in [-0.2, 0) is 73.7 Å². The van der Waals surface area contributed by atoms with E-state index in [1.54, 1.807) is 143 Å². The Kier molecular flexibility index (Phi) is 23.6. The van der Waals surface area contributed by atoms with Crippen LogP contribution in [0.1, 0.15) is 82.6 Å². The van der Waals surface area contributed by atoms with Gasteiger partial charge in [-0.3, -0.25) is 43.2 Å². The van der Waals surface area contributed by atoms with Crippen LogP contribution in [0.2, 0.25) is 0 Å². The van der Waals surface area contributed by atoms with E-state index in [0.717, 1.165) is 13.0 Å². The zero-order chi connectivity index (χ0) is 60.6. The first-order chi connectivity index (χ1) is 40.1. The van der Waals surface area contributed by atoms with Gasteiger partial charge in [0.1, 0.15) is 17.1 Å². The monoisotopic (exact) mass is 1210 g/mol. The summed E-state index contributed by atoms with van der Waals surface area (Å²) in [6, 6.07) is 4.62. The third-order valence-corrected chi connectivity index (χ3v) is 12.7. The van der Waals surface area contributed by atoms with Gasteiger partial charge in [-0.1, -0.05) is 0 Å². The van der Waals surface area contributed by atoms with E-state index in [-0.39, 0.29) is 94.2 Å². The number of carbonyl (C=O) groups excluding carboxylic acids is 9. The summed E-state index contributed by atoms with van der Waals surface area (Å²) in [6.07, 6.45) is 26.4. The number of amides is 9. The van der Waals surface area contributed by atoms with Crippen LogP contribution in [0.3, 0.4) is 0 Å². The SMILES string of the molecule is CN(C)CCCNC(=O)c1cc(NC(=O)c2nc(NC(=O)c3cc(NC(=O)CCNC(=O)[C]4[CH][CH][CH][CH]4)cn3C)cn2C)cn1C.Cn1cc(NC(=O)c2nccn2C)cc1C(=O)Nc1cn(C)c(C(=O)NCCCNC(=O)[C]2[CH][CH][CH][CH]2)n1.[Fe+2]. The minimum absolute atomic E-state index is 0. The van der Waals surface area contributed by atoms with Crippen molar-refractivity contribution in [1.29, 1.82) is 0 Å². The van der Waals surface area contributed by atoms with E-state index in [1.165, 1.54) is 39.9 Å². The van der Waals surface area contributed by atoms with Crippen molar-refractivity contribution in [1.82, 2.24) is 68.5 Å². The second-order valence-electron chi connectivity index (χ2n) is 19.7.